The van der Waals surface area contributed by atoms with Gasteiger partial charge in [-0.05, 0) is 19.0 Å². The molecule has 0 aliphatic carbocycles. The number of aromatic amines is 1. The van der Waals surface area contributed by atoms with E-state index in [1.54, 1.807) is 6.07 Å². The fourth-order valence-corrected chi connectivity index (χ4v) is 5.63. The molecule has 1 saturated heterocycles. The molecule has 1 atom stereocenters. The van der Waals surface area contributed by atoms with Gasteiger partial charge in [0.15, 0.2) is 9.84 Å². The molecule has 0 spiro atoms. The minimum absolute atomic E-state index is 0.0519. The monoisotopic (exact) mass is 335 g/mol. The molecule has 9 heteroatoms. The van der Waals surface area contributed by atoms with Gasteiger partial charge in [0, 0.05) is 31.5 Å². The summed E-state index contributed by atoms with van der Waals surface area (Å²) in [6.45, 7) is 3.32. The summed E-state index contributed by atoms with van der Waals surface area (Å²) in [5.41, 5.74) is 0.780. The molecule has 1 aliphatic heterocycles. The number of sulfonamides is 1. The Labute approximate surface area is 125 Å². The van der Waals surface area contributed by atoms with E-state index in [4.69, 9.17) is 0 Å². The van der Waals surface area contributed by atoms with Crippen LogP contribution in [0.15, 0.2) is 17.2 Å². The second-order valence-electron chi connectivity index (χ2n) is 5.22. The predicted octanol–water partition coefficient (Wildman–Crippen LogP) is -0.0682. The number of aromatic nitrogens is 1. The summed E-state index contributed by atoms with van der Waals surface area (Å²) < 4.78 is 49.2. The molecule has 1 aromatic rings. The van der Waals surface area contributed by atoms with Gasteiger partial charge in [0.1, 0.15) is 0 Å². The van der Waals surface area contributed by atoms with E-state index in [0.717, 1.165) is 12.2 Å². The standard InChI is InChI=1S/C12H21N3O4S2/c1-3-13-7-10-6-12(8-14-10)21(18,19)15(2)11-4-5-20(16,17)9-11/h6,8,11,13-14H,3-5,7,9H2,1-2H3. The molecule has 120 valence electrons. The van der Waals surface area contributed by atoms with Crippen LogP contribution >= 0.6 is 0 Å². The average molecular weight is 335 g/mol. The van der Waals surface area contributed by atoms with Crippen LogP contribution in [-0.2, 0) is 26.4 Å². The van der Waals surface area contributed by atoms with Crippen molar-refractivity contribution in [2.24, 2.45) is 0 Å². The van der Waals surface area contributed by atoms with Crippen molar-refractivity contribution >= 4 is 19.9 Å². The molecule has 21 heavy (non-hydrogen) atoms. The van der Waals surface area contributed by atoms with Crippen LogP contribution in [0, 0.1) is 0 Å². The van der Waals surface area contributed by atoms with Crippen molar-refractivity contribution < 1.29 is 16.8 Å². The fraction of sp³-hybridized carbons (Fsp3) is 0.667. The first-order chi connectivity index (χ1) is 9.76. The van der Waals surface area contributed by atoms with Crippen LogP contribution in [0.1, 0.15) is 19.0 Å². The molecule has 0 saturated carbocycles. The van der Waals surface area contributed by atoms with Crippen molar-refractivity contribution in [3.05, 3.63) is 18.0 Å². The Morgan fingerprint density at radius 3 is 2.76 bits per heavy atom. The number of nitrogens with one attached hydrogen (secondary N) is 2. The summed E-state index contributed by atoms with van der Waals surface area (Å²) in [5, 5.41) is 3.11. The van der Waals surface area contributed by atoms with E-state index < -0.39 is 25.9 Å². The second-order valence-corrected chi connectivity index (χ2v) is 9.45. The summed E-state index contributed by atoms with van der Waals surface area (Å²) in [6, 6.07) is 1.10. The Bertz CT molecular complexity index is 694. The normalized spacial score (nSPS) is 22.0. The minimum atomic E-state index is -3.67. The number of H-pyrrole nitrogens is 1. The van der Waals surface area contributed by atoms with Gasteiger partial charge in [-0.2, -0.15) is 4.31 Å². The highest BCUT2D eigenvalue weighted by Crippen LogP contribution is 2.23. The van der Waals surface area contributed by atoms with Gasteiger partial charge in [-0.25, -0.2) is 16.8 Å². The zero-order valence-corrected chi connectivity index (χ0v) is 13.8. The quantitative estimate of drug-likeness (QED) is 0.758. The molecule has 0 bridgehead atoms. The summed E-state index contributed by atoms with van der Waals surface area (Å²) in [7, 11) is -5.34. The zero-order valence-electron chi connectivity index (χ0n) is 12.2. The Morgan fingerprint density at radius 1 is 1.48 bits per heavy atom. The van der Waals surface area contributed by atoms with E-state index >= 15 is 0 Å². The van der Waals surface area contributed by atoms with Gasteiger partial charge in [0.2, 0.25) is 10.0 Å². The van der Waals surface area contributed by atoms with E-state index in [0.29, 0.717) is 13.0 Å². The van der Waals surface area contributed by atoms with E-state index in [1.807, 2.05) is 6.92 Å². The van der Waals surface area contributed by atoms with Crippen LogP contribution in [0.5, 0.6) is 0 Å². The van der Waals surface area contributed by atoms with E-state index in [9.17, 15) is 16.8 Å². The van der Waals surface area contributed by atoms with Gasteiger partial charge in [-0.1, -0.05) is 6.92 Å². The van der Waals surface area contributed by atoms with Gasteiger partial charge in [-0.15, -0.1) is 0 Å². The molecular formula is C12H21N3O4S2. The fourth-order valence-electron chi connectivity index (χ4n) is 2.35. The highest BCUT2D eigenvalue weighted by atomic mass is 32.2. The zero-order chi connectivity index (χ0) is 15.7. The Kier molecular flexibility index (Phi) is 4.76. The maximum Gasteiger partial charge on any atom is 0.244 e. The average Bonchev–Trinajstić information content (AvgIpc) is 3.02. The van der Waals surface area contributed by atoms with Gasteiger partial charge in [0.25, 0.3) is 0 Å². The molecule has 1 aromatic heterocycles. The molecule has 2 heterocycles. The lowest BCUT2D eigenvalue weighted by Crippen LogP contribution is -2.37. The lowest BCUT2D eigenvalue weighted by atomic mass is 10.3. The summed E-state index contributed by atoms with van der Waals surface area (Å²) in [6.07, 6.45) is 1.80. The molecule has 0 aromatic carbocycles. The Hall–Kier alpha value is -0.900. The van der Waals surface area contributed by atoms with Crippen LogP contribution in [-0.4, -0.2) is 57.3 Å². The first-order valence-corrected chi connectivity index (χ1v) is 10.1. The van der Waals surface area contributed by atoms with E-state index in [1.165, 1.54) is 17.5 Å². The lowest BCUT2D eigenvalue weighted by Gasteiger charge is -2.21. The van der Waals surface area contributed by atoms with Crippen LogP contribution in [0.2, 0.25) is 0 Å². The van der Waals surface area contributed by atoms with Crippen molar-refractivity contribution in [2.75, 3.05) is 25.1 Å². The number of sulfone groups is 1. The summed E-state index contributed by atoms with van der Waals surface area (Å²) >= 11 is 0. The molecule has 2 rings (SSSR count). The van der Waals surface area contributed by atoms with Gasteiger partial charge in [-0.3, -0.25) is 0 Å². The van der Waals surface area contributed by atoms with Crippen molar-refractivity contribution in [1.82, 2.24) is 14.6 Å². The Morgan fingerprint density at radius 2 is 2.19 bits per heavy atom. The molecule has 1 fully saturated rings. The van der Waals surface area contributed by atoms with Crippen LogP contribution in [0.3, 0.4) is 0 Å². The first-order valence-electron chi connectivity index (χ1n) is 6.83. The molecule has 0 radical (unpaired) electrons. The van der Waals surface area contributed by atoms with Crippen molar-refractivity contribution in [3.63, 3.8) is 0 Å². The first kappa shape index (κ1) is 16.5. The van der Waals surface area contributed by atoms with E-state index in [2.05, 4.69) is 10.3 Å². The number of nitrogens with zero attached hydrogens (tertiary/aromatic N) is 1. The summed E-state index contributed by atoms with van der Waals surface area (Å²) in [4.78, 5) is 3.09. The lowest BCUT2D eigenvalue weighted by molar-refractivity contribution is 0.394. The maximum atomic E-state index is 12.5. The molecule has 0 amide bonds. The van der Waals surface area contributed by atoms with Crippen LogP contribution < -0.4 is 5.32 Å². The third-order valence-corrected chi connectivity index (χ3v) is 7.32. The molecular weight excluding hydrogens is 314 g/mol. The Balaban J connectivity index is 2.15. The molecule has 7 nitrogen and oxygen atoms in total. The van der Waals surface area contributed by atoms with Crippen molar-refractivity contribution in [3.8, 4) is 0 Å². The summed E-state index contributed by atoms with van der Waals surface area (Å²) in [5.74, 6) is -0.0479. The number of rotatable bonds is 6. The third-order valence-electron chi connectivity index (χ3n) is 3.68. The molecule has 2 N–H and O–H groups in total. The van der Waals surface area contributed by atoms with Crippen molar-refractivity contribution in [1.29, 1.82) is 0 Å². The maximum absolute atomic E-state index is 12.5. The van der Waals surface area contributed by atoms with Gasteiger partial charge < -0.3 is 10.3 Å². The van der Waals surface area contributed by atoms with Crippen molar-refractivity contribution in [2.45, 2.75) is 30.8 Å². The SMILES string of the molecule is CCNCc1cc(S(=O)(=O)N(C)C2CCS(=O)(=O)C2)c[nH]1. The van der Waals surface area contributed by atoms with Gasteiger partial charge >= 0.3 is 0 Å². The van der Waals surface area contributed by atoms with E-state index in [-0.39, 0.29) is 16.4 Å². The smallest absolute Gasteiger partial charge is 0.244 e. The number of hydrogen-bond acceptors (Lipinski definition) is 5. The predicted molar refractivity (Wildman–Crippen MR) is 80.2 cm³/mol. The molecule has 1 aliphatic rings. The molecule has 1 unspecified atom stereocenters. The number of hydrogen-bond donors (Lipinski definition) is 2. The highest BCUT2D eigenvalue weighted by Gasteiger charge is 2.36. The van der Waals surface area contributed by atoms with Gasteiger partial charge in [0.05, 0.1) is 16.4 Å². The largest absolute Gasteiger partial charge is 0.363 e. The third kappa shape index (κ3) is 3.65. The highest BCUT2D eigenvalue weighted by molar-refractivity contribution is 7.92. The minimum Gasteiger partial charge on any atom is -0.363 e. The second kappa shape index (κ2) is 6.07. The topological polar surface area (TPSA) is 99.3 Å². The van der Waals surface area contributed by atoms with Crippen LogP contribution in [0.25, 0.3) is 0 Å². The van der Waals surface area contributed by atoms with Crippen LogP contribution in [0.4, 0.5) is 0 Å².